The van der Waals surface area contributed by atoms with Crippen molar-refractivity contribution in [2.24, 2.45) is 0 Å². The zero-order valence-electron chi connectivity index (χ0n) is 20.3. The van der Waals surface area contributed by atoms with Crippen molar-refractivity contribution in [1.29, 1.82) is 0 Å². The summed E-state index contributed by atoms with van der Waals surface area (Å²) >= 11 is 0. The van der Waals surface area contributed by atoms with Gasteiger partial charge in [-0.25, -0.2) is 4.79 Å². The second-order valence-corrected chi connectivity index (χ2v) is 9.20. The molecule has 2 aromatic carbocycles. The van der Waals surface area contributed by atoms with Gasteiger partial charge in [-0.1, -0.05) is 18.2 Å². The highest BCUT2D eigenvalue weighted by atomic mass is 16.6. The zero-order valence-corrected chi connectivity index (χ0v) is 20.3. The summed E-state index contributed by atoms with van der Waals surface area (Å²) < 4.78 is 13.4. The third-order valence-corrected chi connectivity index (χ3v) is 6.66. The number of hydrogen-bond donors (Lipinski definition) is 0. The molecule has 0 unspecified atom stereocenters. The topological polar surface area (TPSA) is 94.0 Å². The van der Waals surface area contributed by atoms with Crippen molar-refractivity contribution in [3.8, 4) is 5.75 Å². The van der Waals surface area contributed by atoms with Crippen LogP contribution in [0.25, 0.3) is 10.9 Å². The van der Waals surface area contributed by atoms with Crippen LogP contribution in [-0.2, 0) is 20.9 Å². The molecule has 1 amide bonds. The number of ether oxygens (including phenoxy) is 2. The molecule has 1 spiro atoms. The fourth-order valence-electron chi connectivity index (χ4n) is 4.84. The standard InChI is InChI=1S/C25H30N4O3.CO2/c1-18(2)29-23-15-20(31-3)9-10-21(23)22(26-29)16-27-13-11-25(12-14-27)17-28(24(30)32-25)19-7-5-4-6-8-19;2-1-3/h4-10,15,18H,11-14,16-17H2,1-3H3;. The van der Waals surface area contributed by atoms with Gasteiger partial charge >= 0.3 is 12.2 Å². The normalized spacial score (nSPS) is 17.3. The summed E-state index contributed by atoms with van der Waals surface area (Å²) in [4.78, 5) is 33.0. The maximum Gasteiger partial charge on any atom is 0.415 e. The molecule has 2 fully saturated rings. The van der Waals surface area contributed by atoms with Crippen molar-refractivity contribution in [2.75, 3.05) is 31.6 Å². The van der Waals surface area contributed by atoms with E-state index < -0.39 is 5.60 Å². The fourth-order valence-corrected chi connectivity index (χ4v) is 4.84. The lowest BCUT2D eigenvalue weighted by Gasteiger charge is -2.37. The lowest BCUT2D eigenvalue weighted by Crippen LogP contribution is -2.46. The molecule has 0 atom stereocenters. The van der Waals surface area contributed by atoms with Crippen molar-refractivity contribution in [3.05, 3.63) is 54.2 Å². The molecule has 9 heteroatoms. The molecule has 0 N–H and O–H groups in total. The second-order valence-electron chi connectivity index (χ2n) is 9.20. The first kappa shape index (κ1) is 24.4. The number of amides is 1. The number of fused-ring (bicyclic) bond motifs is 1. The number of hydrogen-bond acceptors (Lipinski definition) is 7. The molecular weight excluding hydrogens is 448 g/mol. The first-order chi connectivity index (χ1) is 16.9. The Bertz CT molecular complexity index is 1210. The van der Waals surface area contributed by atoms with Crippen LogP contribution in [0.5, 0.6) is 5.75 Å². The average Bonchev–Trinajstić information content (AvgIpc) is 3.39. The third-order valence-electron chi connectivity index (χ3n) is 6.66. The molecule has 5 rings (SSSR count). The zero-order chi connectivity index (χ0) is 25.0. The SMILES string of the molecule is COc1ccc2c(CN3CCC4(CC3)CN(c3ccccc3)C(=O)O4)nn(C(C)C)c2c1.O=C=O. The smallest absolute Gasteiger partial charge is 0.415 e. The molecule has 0 bridgehead atoms. The van der Waals surface area contributed by atoms with Gasteiger partial charge in [0.15, 0.2) is 0 Å². The van der Waals surface area contributed by atoms with Gasteiger partial charge in [-0.15, -0.1) is 0 Å². The summed E-state index contributed by atoms with van der Waals surface area (Å²) in [5.74, 6) is 0.844. The lowest BCUT2D eigenvalue weighted by atomic mass is 9.91. The van der Waals surface area contributed by atoms with Crippen LogP contribution in [0.2, 0.25) is 0 Å². The number of anilines is 1. The van der Waals surface area contributed by atoms with Crippen LogP contribution >= 0.6 is 0 Å². The predicted octanol–water partition coefficient (Wildman–Crippen LogP) is 4.03. The molecule has 35 heavy (non-hydrogen) atoms. The van der Waals surface area contributed by atoms with Crippen LogP contribution in [0.4, 0.5) is 10.5 Å². The van der Waals surface area contributed by atoms with Crippen molar-refractivity contribution in [3.63, 3.8) is 0 Å². The van der Waals surface area contributed by atoms with E-state index in [4.69, 9.17) is 24.2 Å². The Morgan fingerprint density at radius 1 is 1.11 bits per heavy atom. The number of nitrogens with zero attached hydrogens (tertiary/aromatic N) is 4. The summed E-state index contributed by atoms with van der Waals surface area (Å²) in [6, 6.07) is 16.2. The van der Waals surface area contributed by atoms with Gasteiger partial charge in [-0.05, 0) is 38.1 Å². The van der Waals surface area contributed by atoms with Crippen molar-refractivity contribution in [2.45, 2.75) is 44.9 Å². The number of piperidine rings is 1. The summed E-state index contributed by atoms with van der Waals surface area (Å²) in [6.45, 7) is 7.45. The monoisotopic (exact) mass is 478 g/mol. The van der Waals surface area contributed by atoms with E-state index in [0.29, 0.717) is 6.54 Å². The summed E-state index contributed by atoms with van der Waals surface area (Å²) in [5, 5.41) is 6.11. The first-order valence-electron chi connectivity index (χ1n) is 11.7. The molecule has 0 radical (unpaired) electrons. The Labute approximate surface area is 204 Å². The van der Waals surface area contributed by atoms with Crippen LogP contribution in [0.15, 0.2) is 48.5 Å². The highest BCUT2D eigenvalue weighted by Crippen LogP contribution is 2.36. The Morgan fingerprint density at radius 3 is 2.43 bits per heavy atom. The van der Waals surface area contributed by atoms with E-state index in [0.717, 1.165) is 55.1 Å². The molecule has 0 saturated carbocycles. The number of para-hydroxylation sites is 1. The molecule has 9 nitrogen and oxygen atoms in total. The van der Waals surface area contributed by atoms with Crippen LogP contribution in [0.3, 0.4) is 0 Å². The number of likely N-dealkylation sites (tertiary alicyclic amines) is 1. The molecule has 2 aliphatic rings. The minimum Gasteiger partial charge on any atom is -0.497 e. The Morgan fingerprint density at radius 2 is 1.80 bits per heavy atom. The van der Waals surface area contributed by atoms with E-state index in [9.17, 15) is 4.79 Å². The number of carbonyl (C=O) groups excluding carboxylic acids is 3. The molecule has 1 aromatic heterocycles. The van der Waals surface area contributed by atoms with E-state index in [1.165, 1.54) is 5.39 Å². The molecule has 3 aromatic rings. The highest BCUT2D eigenvalue weighted by Gasteiger charge is 2.47. The Kier molecular flexibility index (Phi) is 7.19. The fraction of sp³-hybridized carbons (Fsp3) is 0.423. The number of rotatable bonds is 5. The van der Waals surface area contributed by atoms with Crippen LogP contribution in [-0.4, -0.2) is 59.3 Å². The van der Waals surface area contributed by atoms with Gasteiger partial charge in [-0.2, -0.15) is 14.7 Å². The summed E-state index contributed by atoms with van der Waals surface area (Å²) in [6.07, 6.45) is 1.68. The molecule has 0 aliphatic carbocycles. The molecular formula is C26H30N4O5. The van der Waals surface area contributed by atoms with Gasteiger partial charge in [-0.3, -0.25) is 14.5 Å². The van der Waals surface area contributed by atoms with Crippen LogP contribution < -0.4 is 9.64 Å². The number of methoxy groups -OCH3 is 1. The Hall–Kier alpha value is -3.68. The van der Waals surface area contributed by atoms with Gasteiger partial charge in [0.25, 0.3) is 0 Å². The van der Waals surface area contributed by atoms with Crippen molar-refractivity contribution >= 4 is 28.8 Å². The van der Waals surface area contributed by atoms with Gasteiger partial charge in [0, 0.05) is 55.7 Å². The van der Waals surface area contributed by atoms with Crippen LogP contribution in [0, 0.1) is 0 Å². The Balaban J connectivity index is 0.000000917. The summed E-state index contributed by atoms with van der Waals surface area (Å²) in [7, 11) is 1.69. The number of benzene rings is 2. The number of carbonyl (C=O) groups is 1. The maximum atomic E-state index is 12.6. The quantitative estimate of drug-likeness (QED) is 0.546. The molecule has 184 valence electrons. The van der Waals surface area contributed by atoms with E-state index >= 15 is 0 Å². The van der Waals surface area contributed by atoms with E-state index in [2.05, 4.69) is 35.6 Å². The maximum absolute atomic E-state index is 12.6. The molecule has 3 heterocycles. The average molecular weight is 479 g/mol. The van der Waals surface area contributed by atoms with Crippen LogP contribution in [0.1, 0.15) is 38.4 Å². The third kappa shape index (κ3) is 5.06. The minimum atomic E-state index is -0.393. The predicted molar refractivity (Wildman–Crippen MR) is 129 cm³/mol. The second kappa shape index (κ2) is 10.3. The largest absolute Gasteiger partial charge is 0.497 e. The lowest BCUT2D eigenvalue weighted by molar-refractivity contribution is -0.191. The highest BCUT2D eigenvalue weighted by molar-refractivity contribution is 5.90. The van der Waals surface area contributed by atoms with Gasteiger partial charge in [0.1, 0.15) is 11.4 Å². The molecule has 2 aliphatic heterocycles. The summed E-state index contributed by atoms with van der Waals surface area (Å²) in [5.41, 5.74) is 2.70. The van der Waals surface area contributed by atoms with Crippen molar-refractivity contribution < 1.29 is 23.9 Å². The minimum absolute atomic E-state index is 0.236. The van der Waals surface area contributed by atoms with Gasteiger partial charge in [0.2, 0.25) is 0 Å². The van der Waals surface area contributed by atoms with Gasteiger partial charge in [0.05, 0.1) is 24.9 Å². The van der Waals surface area contributed by atoms with E-state index in [1.54, 1.807) is 12.0 Å². The van der Waals surface area contributed by atoms with E-state index in [-0.39, 0.29) is 18.3 Å². The van der Waals surface area contributed by atoms with Crippen molar-refractivity contribution in [1.82, 2.24) is 14.7 Å². The first-order valence-corrected chi connectivity index (χ1v) is 11.7. The van der Waals surface area contributed by atoms with Gasteiger partial charge < -0.3 is 9.47 Å². The van der Waals surface area contributed by atoms with E-state index in [1.807, 2.05) is 36.4 Å². The number of aromatic nitrogens is 2. The molecule has 2 saturated heterocycles.